The number of sulfonamides is 1. The minimum Gasteiger partial charge on any atom is -0.296 e. The van der Waals surface area contributed by atoms with Crippen LogP contribution in [0.2, 0.25) is 10.0 Å². The molecule has 144 valence electrons. The van der Waals surface area contributed by atoms with E-state index in [1.54, 1.807) is 18.2 Å². The zero-order valence-corrected chi connectivity index (χ0v) is 16.5. The van der Waals surface area contributed by atoms with Crippen molar-refractivity contribution in [1.82, 2.24) is 9.21 Å². The molecule has 7 nitrogen and oxygen atoms in total. The van der Waals surface area contributed by atoms with Crippen LogP contribution in [0.3, 0.4) is 0 Å². The Morgan fingerprint density at radius 3 is 2.04 bits per heavy atom. The number of non-ortho nitro benzene ring substituents is 1. The molecule has 3 rings (SSSR count). The summed E-state index contributed by atoms with van der Waals surface area (Å²) in [6, 6.07) is 10.3. The molecule has 1 heterocycles. The van der Waals surface area contributed by atoms with Gasteiger partial charge >= 0.3 is 0 Å². The van der Waals surface area contributed by atoms with Crippen molar-refractivity contribution in [3.8, 4) is 0 Å². The molecule has 0 amide bonds. The highest BCUT2D eigenvalue weighted by Crippen LogP contribution is 2.27. The third-order valence-electron chi connectivity index (χ3n) is 4.46. The van der Waals surface area contributed by atoms with Gasteiger partial charge in [-0.3, -0.25) is 15.0 Å². The van der Waals surface area contributed by atoms with Crippen molar-refractivity contribution in [2.45, 2.75) is 11.4 Å². The van der Waals surface area contributed by atoms with E-state index in [0.717, 1.165) is 5.56 Å². The van der Waals surface area contributed by atoms with E-state index in [0.29, 0.717) is 42.8 Å². The number of nitro groups is 1. The minimum absolute atomic E-state index is 0.0516. The van der Waals surface area contributed by atoms with E-state index in [1.807, 2.05) is 0 Å². The van der Waals surface area contributed by atoms with E-state index in [2.05, 4.69) is 4.90 Å². The van der Waals surface area contributed by atoms with Gasteiger partial charge < -0.3 is 0 Å². The second-order valence-corrected chi connectivity index (χ2v) is 8.88. The first-order valence-corrected chi connectivity index (χ1v) is 10.4. The first kappa shape index (κ1) is 20.0. The SMILES string of the molecule is O=[N+]([O-])c1ccc(S(=O)(=O)N2CCN(Cc3c(Cl)cccc3Cl)CC2)cc1. The van der Waals surface area contributed by atoms with Crippen molar-refractivity contribution in [3.05, 3.63) is 68.2 Å². The molecule has 0 unspecified atom stereocenters. The lowest BCUT2D eigenvalue weighted by atomic mass is 10.2. The first-order chi connectivity index (χ1) is 12.8. The number of rotatable bonds is 5. The lowest BCUT2D eigenvalue weighted by Crippen LogP contribution is -2.48. The summed E-state index contributed by atoms with van der Waals surface area (Å²) in [7, 11) is -3.69. The summed E-state index contributed by atoms with van der Waals surface area (Å²) in [5.41, 5.74) is 0.683. The highest BCUT2D eigenvalue weighted by Gasteiger charge is 2.29. The monoisotopic (exact) mass is 429 g/mol. The van der Waals surface area contributed by atoms with Crippen molar-refractivity contribution in [3.63, 3.8) is 0 Å². The number of nitrogens with zero attached hydrogens (tertiary/aromatic N) is 3. The van der Waals surface area contributed by atoms with Gasteiger partial charge in [-0.2, -0.15) is 4.31 Å². The molecule has 0 aromatic heterocycles. The summed E-state index contributed by atoms with van der Waals surface area (Å²) >= 11 is 12.4. The van der Waals surface area contributed by atoms with Gasteiger partial charge in [0.1, 0.15) is 0 Å². The maximum atomic E-state index is 12.7. The van der Waals surface area contributed by atoms with Crippen molar-refractivity contribution >= 4 is 38.9 Å². The Hall–Kier alpha value is -1.71. The maximum Gasteiger partial charge on any atom is 0.269 e. The van der Waals surface area contributed by atoms with Crippen LogP contribution in [0.25, 0.3) is 0 Å². The van der Waals surface area contributed by atoms with E-state index < -0.39 is 14.9 Å². The Balaban J connectivity index is 1.66. The summed E-state index contributed by atoms with van der Waals surface area (Å²) in [6.45, 7) is 2.26. The van der Waals surface area contributed by atoms with Crippen LogP contribution in [0.4, 0.5) is 5.69 Å². The number of hydrogen-bond donors (Lipinski definition) is 0. The zero-order chi connectivity index (χ0) is 19.6. The number of hydrogen-bond acceptors (Lipinski definition) is 5. The fraction of sp³-hybridized carbons (Fsp3) is 0.294. The lowest BCUT2D eigenvalue weighted by molar-refractivity contribution is -0.384. The van der Waals surface area contributed by atoms with Gasteiger partial charge in [-0.15, -0.1) is 0 Å². The topological polar surface area (TPSA) is 83.8 Å². The molecule has 2 aromatic rings. The van der Waals surface area contributed by atoms with E-state index >= 15 is 0 Å². The molecule has 1 aliphatic rings. The number of halogens is 2. The lowest BCUT2D eigenvalue weighted by Gasteiger charge is -2.34. The molecule has 1 saturated heterocycles. The Morgan fingerprint density at radius 2 is 1.52 bits per heavy atom. The predicted molar refractivity (Wildman–Crippen MR) is 104 cm³/mol. The highest BCUT2D eigenvalue weighted by atomic mass is 35.5. The average molecular weight is 430 g/mol. The van der Waals surface area contributed by atoms with Gasteiger partial charge in [0.25, 0.3) is 5.69 Å². The molecule has 0 aliphatic carbocycles. The molecule has 10 heteroatoms. The fourth-order valence-corrected chi connectivity index (χ4v) is 4.86. The molecule has 2 aromatic carbocycles. The summed E-state index contributed by atoms with van der Waals surface area (Å²) in [6.07, 6.45) is 0. The van der Waals surface area contributed by atoms with Gasteiger partial charge in [0, 0.05) is 60.5 Å². The zero-order valence-electron chi connectivity index (χ0n) is 14.2. The van der Waals surface area contributed by atoms with Crippen molar-refractivity contribution in [2.75, 3.05) is 26.2 Å². The van der Waals surface area contributed by atoms with E-state index in [1.165, 1.54) is 28.6 Å². The summed E-state index contributed by atoms with van der Waals surface area (Å²) in [4.78, 5) is 12.3. The second kappa shape index (κ2) is 8.12. The molecular weight excluding hydrogens is 413 g/mol. The Kier molecular flexibility index (Phi) is 6.02. The summed E-state index contributed by atoms with van der Waals surface area (Å²) in [5.74, 6) is 0. The van der Waals surface area contributed by atoms with Gasteiger partial charge in [-0.25, -0.2) is 8.42 Å². The number of nitro benzene ring substituents is 1. The molecule has 27 heavy (non-hydrogen) atoms. The number of piperazine rings is 1. The molecule has 0 saturated carbocycles. The molecule has 0 spiro atoms. The smallest absolute Gasteiger partial charge is 0.269 e. The highest BCUT2D eigenvalue weighted by molar-refractivity contribution is 7.89. The molecule has 0 N–H and O–H groups in total. The van der Waals surface area contributed by atoms with Gasteiger partial charge in [-0.1, -0.05) is 29.3 Å². The third-order valence-corrected chi connectivity index (χ3v) is 7.08. The maximum absolute atomic E-state index is 12.7. The first-order valence-electron chi connectivity index (χ1n) is 8.19. The molecule has 0 radical (unpaired) electrons. The second-order valence-electron chi connectivity index (χ2n) is 6.13. The molecule has 0 bridgehead atoms. The summed E-state index contributed by atoms with van der Waals surface area (Å²) < 4.78 is 26.9. The molecule has 0 atom stereocenters. The van der Waals surface area contributed by atoms with Crippen LogP contribution in [-0.4, -0.2) is 48.7 Å². The van der Waals surface area contributed by atoms with Crippen LogP contribution < -0.4 is 0 Å². The largest absolute Gasteiger partial charge is 0.296 e. The van der Waals surface area contributed by atoms with Crippen LogP contribution in [0, 0.1) is 10.1 Å². The predicted octanol–water partition coefficient (Wildman–Crippen LogP) is 3.41. The minimum atomic E-state index is -3.69. The summed E-state index contributed by atoms with van der Waals surface area (Å²) in [5, 5.41) is 11.9. The molecule has 1 fully saturated rings. The van der Waals surface area contributed by atoms with Crippen LogP contribution in [0.1, 0.15) is 5.56 Å². The Morgan fingerprint density at radius 1 is 0.963 bits per heavy atom. The van der Waals surface area contributed by atoms with Gasteiger partial charge in [0.05, 0.1) is 9.82 Å². The van der Waals surface area contributed by atoms with Crippen LogP contribution in [-0.2, 0) is 16.6 Å². The fourth-order valence-electron chi connectivity index (χ4n) is 2.92. The van der Waals surface area contributed by atoms with E-state index in [-0.39, 0.29) is 10.6 Å². The number of benzene rings is 2. The van der Waals surface area contributed by atoms with E-state index in [4.69, 9.17) is 23.2 Å². The van der Waals surface area contributed by atoms with Crippen molar-refractivity contribution in [1.29, 1.82) is 0 Å². The van der Waals surface area contributed by atoms with Gasteiger partial charge in [0.15, 0.2) is 0 Å². The normalized spacial score (nSPS) is 16.4. The van der Waals surface area contributed by atoms with Gasteiger partial charge in [0.2, 0.25) is 10.0 Å². The van der Waals surface area contributed by atoms with Gasteiger partial charge in [-0.05, 0) is 24.3 Å². The Labute approximate surface area is 167 Å². The van der Waals surface area contributed by atoms with E-state index in [9.17, 15) is 18.5 Å². The molecule has 1 aliphatic heterocycles. The third kappa shape index (κ3) is 4.41. The van der Waals surface area contributed by atoms with Crippen LogP contribution in [0.5, 0.6) is 0 Å². The quantitative estimate of drug-likeness (QED) is 0.536. The van der Waals surface area contributed by atoms with Crippen molar-refractivity contribution < 1.29 is 13.3 Å². The van der Waals surface area contributed by atoms with Crippen LogP contribution >= 0.6 is 23.2 Å². The molecular formula is C17H17Cl2N3O4S. The average Bonchev–Trinajstić information content (AvgIpc) is 2.65. The van der Waals surface area contributed by atoms with Crippen LogP contribution in [0.15, 0.2) is 47.4 Å². The standard InChI is InChI=1S/C17H17Cl2N3O4S/c18-16-2-1-3-17(19)15(16)12-20-8-10-21(11-9-20)27(25,26)14-6-4-13(5-7-14)22(23)24/h1-7H,8-12H2. The Bertz CT molecular complexity index is 923. The van der Waals surface area contributed by atoms with Crippen molar-refractivity contribution in [2.24, 2.45) is 0 Å².